The number of phosphoric ester groups is 1. The molecule has 0 unspecified atom stereocenters. The number of hydrogen-bond donors (Lipinski definition) is 1. The summed E-state index contributed by atoms with van der Waals surface area (Å²) in [5, 5.41) is 3.15. The molecule has 12 heteroatoms. The van der Waals surface area contributed by atoms with Gasteiger partial charge in [-0.3, -0.25) is 9.59 Å². The largest absolute Gasteiger partial charge is 1.00 e. The maximum atomic E-state index is 12.1. The fraction of sp³-hybridized carbons (Fsp3) is 0.917. The van der Waals surface area contributed by atoms with Gasteiger partial charge in [0.25, 0.3) is 6.47 Å². The van der Waals surface area contributed by atoms with Crippen LogP contribution in [0.1, 0.15) is 110 Å². The molecule has 0 rings (SSSR count). The molecule has 202 valence electrons. The Hall–Kier alpha value is 1.01. The summed E-state index contributed by atoms with van der Waals surface area (Å²) in [6.45, 7) is 3.62. The Morgan fingerprint density at radius 3 is 1.94 bits per heavy atom. The summed E-state index contributed by atoms with van der Waals surface area (Å²) in [5.74, 6) is -0.397. The Kier molecular flexibility index (Phi) is 35.2. The third kappa shape index (κ3) is 33.0. The number of phosphoric acid groups is 1. The zero-order valence-corrected chi connectivity index (χ0v) is 27.9. The molecule has 0 radical (unpaired) electrons. The molecule has 0 saturated heterocycles. The van der Waals surface area contributed by atoms with Crippen molar-refractivity contribution < 1.29 is 97.1 Å². The summed E-state index contributed by atoms with van der Waals surface area (Å²) in [7, 11) is -5.12. The molecule has 9 nitrogen and oxygen atoms in total. The molecule has 36 heavy (non-hydrogen) atoms. The predicted molar refractivity (Wildman–Crippen MR) is 128 cm³/mol. The average molecular weight is 554 g/mol. The minimum atomic E-state index is -5.12. The van der Waals surface area contributed by atoms with Crippen molar-refractivity contribution in [3.63, 3.8) is 0 Å². The van der Waals surface area contributed by atoms with Gasteiger partial charge in [-0.15, -0.1) is 0 Å². The summed E-state index contributed by atoms with van der Waals surface area (Å²) in [4.78, 5) is 43.8. The Balaban J connectivity index is -0.00000544. The SMILES string of the molecule is CCCCCCCCCCC(=O)O[C@@H](CNCCCCCCCCCOC=O)COP(=O)([O-])[O-].[Na+].[Na+]. The number of ether oxygens (including phenoxy) is 2. The fourth-order valence-electron chi connectivity index (χ4n) is 3.59. The molecule has 1 N–H and O–H groups in total. The quantitative estimate of drug-likeness (QED) is 0.0415. The van der Waals surface area contributed by atoms with Gasteiger partial charge in [-0.05, 0) is 25.8 Å². The third-order valence-corrected chi connectivity index (χ3v) is 5.97. The minimum absolute atomic E-state index is 0. The fourth-order valence-corrected chi connectivity index (χ4v) is 3.94. The van der Waals surface area contributed by atoms with Gasteiger partial charge in [0.05, 0.1) is 21.0 Å². The second kappa shape index (κ2) is 30.6. The molecule has 1 atom stereocenters. The number of carbonyl (C=O) groups excluding carboxylic acids is 2. The summed E-state index contributed by atoms with van der Waals surface area (Å²) in [6, 6.07) is 0. The first-order valence-electron chi connectivity index (χ1n) is 13.0. The van der Waals surface area contributed by atoms with Crippen LogP contribution in [0.15, 0.2) is 0 Å². The van der Waals surface area contributed by atoms with Gasteiger partial charge in [0.2, 0.25) is 0 Å². The van der Waals surface area contributed by atoms with Crippen molar-refractivity contribution in [1.82, 2.24) is 5.32 Å². The number of unbranched alkanes of at least 4 members (excludes halogenated alkanes) is 13. The van der Waals surface area contributed by atoms with Crippen LogP contribution in [-0.4, -0.2) is 44.8 Å². The molecule has 0 heterocycles. The molecular formula is C24H46NNa2O8P. The van der Waals surface area contributed by atoms with Crippen LogP contribution in [0.4, 0.5) is 0 Å². The van der Waals surface area contributed by atoms with Crippen molar-refractivity contribution >= 4 is 20.3 Å². The second-order valence-corrected chi connectivity index (χ2v) is 9.88. The van der Waals surface area contributed by atoms with Crippen molar-refractivity contribution in [2.75, 3.05) is 26.3 Å². The van der Waals surface area contributed by atoms with E-state index in [9.17, 15) is 23.9 Å². The second-order valence-electron chi connectivity index (χ2n) is 8.73. The average Bonchev–Trinajstić information content (AvgIpc) is 2.79. The van der Waals surface area contributed by atoms with Gasteiger partial charge in [-0.25, -0.2) is 0 Å². The zero-order valence-electron chi connectivity index (χ0n) is 23.0. The molecule has 0 aliphatic rings. The predicted octanol–water partition coefficient (Wildman–Crippen LogP) is -2.22. The van der Waals surface area contributed by atoms with Crippen LogP contribution in [0.5, 0.6) is 0 Å². The van der Waals surface area contributed by atoms with Crippen molar-refractivity contribution in [3.8, 4) is 0 Å². The Bertz CT molecular complexity index is 540. The minimum Gasteiger partial charge on any atom is -0.790 e. The molecule has 0 aromatic carbocycles. The molecule has 0 fully saturated rings. The van der Waals surface area contributed by atoms with Gasteiger partial charge >= 0.3 is 65.1 Å². The van der Waals surface area contributed by atoms with E-state index in [1.165, 1.54) is 32.1 Å². The van der Waals surface area contributed by atoms with Crippen molar-refractivity contribution in [2.24, 2.45) is 0 Å². The maximum absolute atomic E-state index is 12.1. The molecular weight excluding hydrogens is 507 g/mol. The smallest absolute Gasteiger partial charge is 0.790 e. The van der Waals surface area contributed by atoms with Gasteiger partial charge < -0.3 is 33.7 Å². The van der Waals surface area contributed by atoms with E-state index in [-0.39, 0.29) is 72.1 Å². The van der Waals surface area contributed by atoms with Gasteiger partial charge in [-0.1, -0.05) is 84.0 Å². The van der Waals surface area contributed by atoms with Crippen LogP contribution < -0.4 is 74.2 Å². The van der Waals surface area contributed by atoms with Crippen LogP contribution in [-0.2, 0) is 28.2 Å². The summed E-state index contributed by atoms with van der Waals surface area (Å²) >= 11 is 0. The van der Waals surface area contributed by atoms with E-state index >= 15 is 0 Å². The standard InChI is InChI=1S/C24H48NO8P.2Na/c1-2-3-4-5-6-8-11-14-17-24(27)33-23(21-32-34(28,29)30)20-25-18-15-12-9-7-10-13-16-19-31-22-26;;/h22-23,25H,2-21H2,1H3,(H2,28,29,30);;/q;2*+1/p-2/t23-;;/m0../s1. The molecule has 0 aromatic rings. The topological polar surface area (TPSA) is 137 Å². The van der Waals surface area contributed by atoms with E-state index in [4.69, 9.17) is 4.74 Å². The van der Waals surface area contributed by atoms with Crippen LogP contribution in [0.2, 0.25) is 0 Å². The summed E-state index contributed by atoms with van der Waals surface area (Å²) in [6.07, 6.45) is 15.7. The van der Waals surface area contributed by atoms with Gasteiger partial charge in [-0.2, -0.15) is 0 Å². The van der Waals surface area contributed by atoms with Crippen LogP contribution >= 0.6 is 7.82 Å². The van der Waals surface area contributed by atoms with Gasteiger partial charge in [0, 0.05) is 13.0 Å². The summed E-state index contributed by atoms with van der Waals surface area (Å²) < 4.78 is 25.1. The number of hydrogen-bond acceptors (Lipinski definition) is 9. The Morgan fingerprint density at radius 1 is 0.861 bits per heavy atom. The van der Waals surface area contributed by atoms with Gasteiger partial charge in [0.15, 0.2) is 0 Å². The maximum Gasteiger partial charge on any atom is 1.00 e. The van der Waals surface area contributed by atoms with E-state index in [2.05, 4.69) is 21.5 Å². The number of esters is 1. The van der Waals surface area contributed by atoms with E-state index in [0.717, 1.165) is 64.2 Å². The number of rotatable bonds is 26. The van der Waals surface area contributed by atoms with Crippen LogP contribution in [0.25, 0.3) is 0 Å². The molecule has 0 spiro atoms. The summed E-state index contributed by atoms with van der Waals surface area (Å²) in [5.41, 5.74) is 0. The normalized spacial score (nSPS) is 11.8. The first kappa shape index (κ1) is 41.5. The van der Waals surface area contributed by atoms with Crippen LogP contribution in [0, 0.1) is 0 Å². The molecule has 0 amide bonds. The van der Waals surface area contributed by atoms with E-state index in [0.29, 0.717) is 19.6 Å². The van der Waals surface area contributed by atoms with E-state index in [1.54, 1.807) is 0 Å². The molecule has 0 aromatic heterocycles. The first-order valence-corrected chi connectivity index (χ1v) is 14.5. The Labute approximate surface area is 262 Å². The monoisotopic (exact) mass is 553 g/mol. The molecule has 0 aliphatic carbocycles. The van der Waals surface area contributed by atoms with Crippen molar-refractivity contribution in [3.05, 3.63) is 0 Å². The molecule has 0 bridgehead atoms. The third-order valence-electron chi connectivity index (χ3n) is 5.51. The zero-order chi connectivity index (χ0) is 25.3. The number of carbonyl (C=O) groups is 2. The number of nitrogens with one attached hydrogen (secondary N) is 1. The van der Waals surface area contributed by atoms with Gasteiger partial charge in [0.1, 0.15) is 6.10 Å². The van der Waals surface area contributed by atoms with Crippen LogP contribution in [0.3, 0.4) is 0 Å². The van der Waals surface area contributed by atoms with Crippen molar-refractivity contribution in [2.45, 2.75) is 116 Å². The van der Waals surface area contributed by atoms with E-state index < -0.39 is 26.5 Å². The molecule has 0 aliphatic heterocycles. The van der Waals surface area contributed by atoms with Crippen molar-refractivity contribution in [1.29, 1.82) is 0 Å². The molecule has 0 saturated carbocycles. The van der Waals surface area contributed by atoms with E-state index in [1.807, 2.05) is 0 Å². The Morgan fingerprint density at radius 2 is 1.39 bits per heavy atom. The first-order chi connectivity index (χ1) is 16.4.